The van der Waals surface area contributed by atoms with Gasteiger partial charge in [-0.25, -0.2) is 4.68 Å². The van der Waals surface area contributed by atoms with Gasteiger partial charge in [0.25, 0.3) is 0 Å². The van der Waals surface area contributed by atoms with Gasteiger partial charge < -0.3 is 10.1 Å². The van der Waals surface area contributed by atoms with Crippen LogP contribution in [0.2, 0.25) is 0 Å². The van der Waals surface area contributed by atoms with Gasteiger partial charge in [0.15, 0.2) is 0 Å². The molecule has 28 heavy (non-hydrogen) atoms. The van der Waals surface area contributed by atoms with E-state index in [1.165, 1.54) is 6.08 Å². The van der Waals surface area contributed by atoms with Crippen molar-refractivity contribution in [2.45, 2.75) is 11.5 Å². The van der Waals surface area contributed by atoms with Crippen molar-refractivity contribution in [3.63, 3.8) is 0 Å². The fraction of sp³-hybridized carbons (Fsp3) is 0.143. The van der Waals surface area contributed by atoms with E-state index in [0.29, 0.717) is 17.3 Å². The standard InChI is InChI=1S/C21H19N3O3S/c1-27-17-10-8-16(9-11-17)24-21(18-13-28(26)14-19(18)23-24)22-20(25)12-7-15-5-3-2-4-6-15/h2-12H,13-14H2,1H3,(H,22,25)/t28-/m0/s1. The molecule has 142 valence electrons. The van der Waals surface area contributed by atoms with Crippen LogP contribution in [0.25, 0.3) is 11.8 Å². The monoisotopic (exact) mass is 393 g/mol. The van der Waals surface area contributed by atoms with Gasteiger partial charge in [0.2, 0.25) is 5.91 Å². The number of ether oxygens (including phenoxy) is 1. The molecule has 1 aromatic heterocycles. The average Bonchev–Trinajstić information content (AvgIpc) is 3.24. The van der Waals surface area contributed by atoms with Gasteiger partial charge in [-0.15, -0.1) is 0 Å². The molecule has 0 fully saturated rings. The molecule has 1 aliphatic rings. The molecule has 1 atom stereocenters. The van der Waals surface area contributed by atoms with E-state index in [9.17, 15) is 9.00 Å². The largest absolute Gasteiger partial charge is 0.497 e. The average molecular weight is 393 g/mol. The number of benzene rings is 2. The Morgan fingerprint density at radius 2 is 1.89 bits per heavy atom. The first-order chi connectivity index (χ1) is 13.6. The number of nitrogens with zero attached hydrogens (tertiary/aromatic N) is 2. The molecule has 6 nitrogen and oxygen atoms in total. The molecule has 1 aliphatic heterocycles. The Labute approximate surface area is 165 Å². The van der Waals surface area contributed by atoms with E-state index < -0.39 is 10.8 Å². The summed E-state index contributed by atoms with van der Waals surface area (Å²) in [6.07, 6.45) is 3.24. The van der Waals surface area contributed by atoms with Crippen LogP contribution in [-0.2, 0) is 27.1 Å². The van der Waals surface area contributed by atoms with Gasteiger partial charge in [-0.1, -0.05) is 30.3 Å². The summed E-state index contributed by atoms with van der Waals surface area (Å²) in [4.78, 5) is 12.5. The zero-order valence-corrected chi connectivity index (χ0v) is 16.1. The maximum atomic E-state index is 12.5. The molecule has 0 spiro atoms. The fourth-order valence-corrected chi connectivity index (χ4v) is 4.33. The number of hydrogen-bond acceptors (Lipinski definition) is 4. The Bertz CT molecular complexity index is 1060. The van der Waals surface area contributed by atoms with Crippen LogP contribution in [0.4, 0.5) is 5.82 Å². The highest BCUT2D eigenvalue weighted by atomic mass is 32.2. The van der Waals surface area contributed by atoms with Crippen LogP contribution in [0.3, 0.4) is 0 Å². The molecule has 0 radical (unpaired) electrons. The molecule has 0 bridgehead atoms. The molecule has 2 aromatic carbocycles. The second kappa shape index (κ2) is 7.82. The minimum Gasteiger partial charge on any atom is -0.497 e. The Balaban J connectivity index is 1.64. The third kappa shape index (κ3) is 3.75. The molecule has 7 heteroatoms. The van der Waals surface area contributed by atoms with Crippen LogP contribution >= 0.6 is 0 Å². The van der Waals surface area contributed by atoms with Crippen LogP contribution in [0.1, 0.15) is 16.8 Å². The van der Waals surface area contributed by atoms with E-state index in [1.807, 2.05) is 54.6 Å². The van der Waals surface area contributed by atoms with E-state index in [4.69, 9.17) is 4.74 Å². The summed E-state index contributed by atoms with van der Waals surface area (Å²) < 4.78 is 18.8. The number of carbonyl (C=O) groups is 1. The maximum absolute atomic E-state index is 12.5. The fourth-order valence-electron chi connectivity index (χ4n) is 3.06. The minimum absolute atomic E-state index is 0.265. The third-order valence-electron chi connectivity index (χ3n) is 4.46. The summed E-state index contributed by atoms with van der Waals surface area (Å²) in [6.45, 7) is 0. The van der Waals surface area contributed by atoms with Crippen LogP contribution in [0.15, 0.2) is 60.7 Å². The number of methoxy groups -OCH3 is 1. The molecular formula is C21H19N3O3S. The SMILES string of the molecule is COc1ccc(-n2nc3c(c2NC(=O)C=Cc2ccccc2)C[S@](=O)C3)cc1. The topological polar surface area (TPSA) is 73.2 Å². The van der Waals surface area contributed by atoms with Crippen LogP contribution in [-0.4, -0.2) is 27.0 Å². The predicted molar refractivity (Wildman–Crippen MR) is 110 cm³/mol. The lowest BCUT2D eigenvalue weighted by molar-refractivity contribution is -0.111. The normalized spacial score (nSPS) is 15.5. The van der Waals surface area contributed by atoms with Gasteiger partial charge in [0.05, 0.1) is 30.0 Å². The zero-order chi connectivity index (χ0) is 19.5. The molecule has 1 N–H and O–H groups in total. The lowest BCUT2D eigenvalue weighted by atomic mass is 10.2. The highest BCUT2D eigenvalue weighted by molar-refractivity contribution is 7.83. The van der Waals surface area contributed by atoms with Crippen molar-refractivity contribution in [2.75, 3.05) is 12.4 Å². The van der Waals surface area contributed by atoms with E-state index in [1.54, 1.807) is 17.9 Å². The number of amides is 1. The van der Waals surface area contributed by atoms with Crippen molar-refractivity contribution in [1.82, 2.24) is 9.78 Å². The highest BCUT2D eigenvalue weighted by Gasteiger charge is 2.28. The summed E-state index contributed by atoms with van der Waals surface area (Å²) in [7, 11) is 0.627. The summed E-state index contributed by atoms with van der Waals surface area (Å²) in [6, 6.07) is 17.0. The minimum atomic E-state index is -0.982. The van der Waals surface area contributed by atoms with Crippen LogP contribution in [0, 0.1) is 0 Å². The van der Waals surface area contributed by atoms with E-state index in [2.05, 4.69) is 10.4 Å². The molecule has 0 unspecified atom stereocenters. The Hall–Kier alpha value is -3.19. The number of aromatic nitrogens is 2. The predicted octanol–water partition coefficient (Wildman–Crippen LogP) is 3.30. The second-order valence-electron chi connectivity index (χ2n) is 6.35. The van der Waals surface area contributed by atoms with Crippen LogP contribution in [0.5, 0.6) is 5.75 Å². The first-order valence-corrected chi connectivity index (χ1v) is 10.3. The smallest absolute Gasteiger partial charge is 0.249 e. The van der Waals surface area contributed by atoms with E-state index >= 15 is 0 Å². The van der Waals surface area contributed by atoms with Crippen molar-refractivity contribution in [3.8, 4) is 11.4 Å². The molecular weight excluding hydrogens is 374 g/mol. The lowest BCUT2D eigenvalue weighted by Gasteiger charge is -2.10. The quantitative estimate of drug-likeness (QED) is 0.675. The van der Waals surface area contributed by atoms with Crippen molar-refractivity contribution in [1.29, 1.82) is 0 Å². The molecule has 1 amide bonds. The summed E-state index contributed by atoms with van der Waals surface area (Å²) in [5.74, 6) is 1.83. The summed E-state index contributed by atoms with van der Waals surface area (Å²) in [5, 5.41) is 7.50. The summed E-state index contributed by atoms with van der Waals surface area (Å²) >= 11 is 0. The Kier molecular flexibility index (Phi) is 5.08. The van der Waals surface area contributed by atoms with Crippen molar-refractivity contribution in [2.24, 2.45) is 0 Å². The van der Waals surface area contributed by atoms with Gasteiger partial charge in [-0.05, 0) is 35.9 Å². The third-order valence-corrected chi connectivity index (χ3v) is 5.66. The number of rotatable bonds is 5. The molecule has 2 heterocycles. The van der Waals surface area contributed by atoms with E-state index in [0.717, 1.165) is 28.3 Å². The van der Waals surface area contributed by atoms with Crippen LogP contribution < -0.4 is 10.1 Å². The van der Waals surface area contributed by atoms with Gasteiger partial charge in [-0.3, -0.25) is 9.00 Å². The Morgan fingerprint density at radius 3 is 2.61 bits per heavy atom. The first-order valence-electron chi connectivity index (χ1n) is 8.78. The van der Waals surface area contributed by atoms with E-state index in [-0.39, 0.29) is 5.91 Å². The van der Waals surface area contributed by atoms with Crippen molar-refractivity contribution >= 4 is 28.6 Å². The first kappa shape index (κ1) is 18.2. The van der Waals surface area contributed by atoms with Crippen molar-refractivity contribution in [3.05, 3.63) is 77.5 Å². The zero-order valence-electron chi connectivity index (χ0n) is 15.3. The maximum Gasteiger partial charge on any atom is 0.249 e. The number of carbonyl (C=O) groups excluding carboxylic acids is 1. The summed E-state index contributed by atoms with van der Waals surface area (Å²) in [5.41, 5.74) is 3.32. The number of fused-ring (bicyclic) bond motifs is 1. The van der Waals surface area contributed by atoms with Gasteiger partial charge in [0, 0.05) is 22.4 Å². The molecule has 4 rings (SSSR count). The number of nitrogens with one attached hydrogen (secondary N) is 1. The van der Waals surface area contributed by atoms with Gasteiger partial charge in [-0.2, -0.15) is 5.10 Å². The highest BCUT2D eigenvalue weighted by Crippen LogP contribution is 2.31. The number of anilines is 1. The van der Waals surface area contributed by atoms with Gasteiger partial charge in [0.1, 0.15) is 11.6 Å². The van der Waals surface area contributed by atoms with Crippen molar-refractivity contribution < 1.29 is 13.7 Å². The molecule has 3 aromatic rings. The molecule has 0 saturated heterocycles. The molecule has 0 saturated carbocycles. The van der Waals surface area contributed by atoms with Gasteiger partial charge >= 0.3 is 0 Å². The molecule has 0 aliphatic carbocycles. The number of hydrogen-bond donors (Lipinski definition) is 1. The second-order valence-corrected chi connectivity index (χ2v) is 7.80. The Morgan fingerprint density at radius 1 is 1.14 bits per heavy atom. The lowest BCUT2D eigenvalue weighted by Crippen LogP contribution is -2.14.